The minimum Gasteiger partial charge on any atom is -0.507 e. The summed E-state index contributed by atoms with van der Waals surface area (Å²) in [5.41, 5.74) is 11.5. The number of benzene rings is 4. The maximum atomic E-state index is 11.1. The fourth-order valence-corrected chi connectivity index (χ4v) is 7.24. The van der Waals surface area contributed by atoms with Crippen molar-refractivity contribution in [3.63, 3.8) is 0 Å². The Kier molecular flexibility index (Phi) is 13.0. The van der Waals surface area contributed by atoms with Crippen LogP contribution in [0, 0.1) is 27.7 Å². The molecule has 4 nitrogen and oxygen atoms in total. The summed E-state index contributed by atoms with van der Waals surface area (Å²) in [6, 6.07) is 16.8. The molecule has 4 heteroatoms. The first-order chi connectivity index (χ1) is 24.5. The topological polar surface area (TPSA) is 80.9 Å². The molecule has 0 amide bonds. The van der Waals surface area contributed by atoms with E-state index < -0.39 is 0 Å². The lowest BCUT2D eigenvalue weighted by molar-refractivity contribution is 0.422. The van der Waals surface area contributed by atoms with Crippen LogP contribution in [0.1, 0.15) is 176 Å². The second-order valence-corrected chi connectivity index (χ2v) is 19.7. The van der Waals surface area contributed by atoms with Gasteiger partial charge in [-0.25, -0.2) is 0 Å². The Bertz CT molecular complexity index is 1740. The second-order valence-electron chi connectivity index (χ2n) is 19.7. The van der Waals surface area contributed by atoms with Crippen LogP contribution in [0.25, 0.3) is 0 Å². The second kappa shape index (κ2) is 15.9. The van der Waals surface area contributed by atoms with Gasteiger partial charge in [0.05, 0.1) is 0 Å². The molecular weight excluding hydrogens is 665 g/mol. The van der Waals surface area contributed by atoms with Crippen molar-refractivity contribution in [2.24, 2.45) is 0 Å². The molecule has 4 rings (SSSR count). The van der Waals surface area contributed by atoms with Crippen molar-refractivity contribution < 1.29 is 20.4 Å². The maximum absolute atomic E-state index is 11.1. The van der Waals surface area contributed by atoms with E-state index >= 15 is 0 Å². The van der Waals surface area contributed by atoms with E-state index in [-0.39, 0.29) is 33.5 Å². The van der Waals surface area contributed by atoms with Crippen LogP contribution in [0.15, 0.2) is 60.7 Å². The fourth-order valence-electron chi connectivity index (χ4n) is 7.24. The molecule has 0 fully saturated rings. The molecule has 0 aliphatic carbocycles. The average molecular weight is 735 g/mol. The van der Waals surface area contributed by atoms with E-state index in [9.17, 15) is 20.4 Å². The van der Waals surface area contributed by atoms with Crippen LogP contribution in [-0.2, 0) is 21.7 Å². The summed E-state index contributed by atoms with van der Waals surface area (Å²) in [5, 5.41) is 42.3. The summed E-state index contributed by atoms with van der Waals surface area (Å²) >= 11 is 0. The Morgan fingerprint density at radius 1 is 0.407 bits per heavy atom. The van der Waals surface area contributed by atoms with Gasteiger partial charge in [0.15, 0.2) is 0 Å². The van der Waals surface area contributed by atoms with Gasteiger partial charge >= 0.3 is 0 Å². The summed E-state index contributed by atoms with van der Waals surface area (Å²) in [5.74, 6) is 1.79. The summed E-state index contributed by atoms with van der Waals surface area (Å²) < 4.78 is 0. The normalized spacial score (nSPS) is 12.8. The predicted molar refractivity (Wildman–Crippen MR) is 230 cm³/mol. The van der Waals surface area contributed by atoms with Gasteiger partial charge < -0.3 is 20.4 Å². The molecule has 54 heavy (non-hydrogen) atoms. The minimum atomic E-state index is -0.165. The Labute approximate surface area is 328 Å². The molecule has 0 aromatic heterocycles. The van der Waals surface area contributed by atoms with Crippen molar-refractivity contribution in [1.29, 1.82) is 0 Å². The van der Waals surface area contributed by atoms with Crippen molar-refractivity contribution in [2.75, 3.05) is 0 Å². The zero-order chi connectivity index (χ0) is 41.5. The Hall–Kier alpha value is -4.18. The lowest BCUT2D eigenvalue weighted by Crippen LogP contribution is -2.19. The summed E-state index contributed by atoms with van der Waals surface area (Å²) in [7, 11) is 0. The third kappa shape index (κ3) is 9.92. The Balaban J connectivity index is 0.000000311. The van der Waals surface area contributed by atoms with Crippen LogP contribution in [-0.4, -0.2) is 20.4 Å². The van der Waals surface area contributed by atoms with Crippen LogP contribution < -0.4 is 0 Å². The van der Waals surface area contributed by atoms with Gasteiger partial charge in [0, 0.05) is 11.8 Å². The molecule has 4 N–H and O–H groups in total. The molecule has 4 aromatic rings. The lowest BCUT2D eigenvalue weighted by atomic mass is 9.74. The smallest absolute Gasteiger partial charge is 0.123 e. The highest BCUT2D eigenvalue weighted by Crippen LogP contribution is 2.45. The van der Waals surface area contributed by atoms with Gasteiger partial charge in [-0.2, -0.15) is 0 Å². The van der Waals surface area contributed by atoms with Gasteiger partial charge in [-0.15, -0.1) is 0 Å². The molecule has 0 saturated heterocycles. The Morgan fingerprint density at radius 3 is 0.852 bits per heavy atom. The van der Waals surface area contributed by atoms with Crippen molar-refractivity contribution in [3.05, 3.63) is 127 Å². The number of phenols is 4. The molecule has 0 heterocycles. The summed E-state index contributed by atoms with van der Waals surface area (Å²) in [6.07, 6.45) is 4.19. The monoisotopic (exact) mass is 735 g/mol. The first kappa shape index (κ1) is 44.2. The van der Waals surface area contributed by atoms with Crippen molar-refractivity contribution in [2.45, 2.75) is 158 Å². The number of aromatic hydroxyl groups is 4. The number of allylic oxidation sites excluding steroid dienone is 2. The third-order valence-corrected chi connectivity index (χ3v) is 10.6. The van der Waals surface area contributed by atoms with Crippen LogP contribution in [0.3, 0.4) is 0 Å². The van der Waals surface area contributed by atoms with E-state index in [0.29, 0.717) is 23.0 Å². The molecular formula is C50H70O4. The lowest BCUT2D eigenvalue weighted by Gasteiger charge is -2.31. The number of phenolic OH excluding ortho intramolecular Hbond substituents is 4. The molecule has 4 aromatic carbocycles. The fraction of sp³-hybridized carbons (Fsp3) is 0.480. The highest BCUT2D eigenvalue weighted by Gasteiger charge is 2.30. The highest BCUT2D eigenvalue weighted by atomic mass is 16.3. The number of aryl methyl sites for hydroxylation is 4. The van der Waals surface area contributed by atoms with Crippen LogP contribution in [0.5, 0.6) is 23.0 Å². The van der Waals surface area contributed by atoms with Crippen molar-refractivity contribution in [1.82, 2.24) is 0 Å². The van der Waals surface area contributed by atoms with E-state index in [1.54, 1.807) is 0 Å². The molecule has 0 aliphatic rings. The van der Waals surface area contributed by atoms with Gasteiger partial charge in [-0.05, 0) is 123 Å². The maximum Gasteiger partial charge on any atom is 0.123 e. The van der Waals surface area contributed by atoms with Gasteiger partial charge in [0.2, 0.25) is 0 Å². The van der Waals surface area contributed by atoms with Crippen LogP contribution in [0.2, 0.25) is 0 Å². The summed E-state index contributed by atoms with van der Waals surface area (Å²) in [6.45, 7) is 37.8. The van der Waals surface area contributed by atoms with E-state index in [0.717, 1.165) is 55.6 Å². The molecule has 0 saturated carbocycles. The van der Waals surface area contributed by atoms with Gasteiger partial charge in [0.1, 0.15) is 23.0 Å². The zero-order valence-electron chi connectivity index (χ0n) is 36.7. The van der Waals surface area contributed by atoms with Gasteiger partial charge in [0.25, 0.3) is 0 Å². The number of rotatable bonds is 5. The largest absolute Gasteiger partial charge is 0.507 e. The first-order valence-electron chi connectivity index (χ1n) is 19.5. The van der Waals surface area contributed by atoms with Crippen LogP contribution >= 0.6 is 0 Å². The minimum absolute atomic E-state index is 0.112. The van der Waals surface area contributed by atoms with Gasteiger partial charge in [-0.3, -0.25) is 0 Å². The first-order valence-corrected chi connectivity index (χ1v) is 19.5. The van der Waals surface area contributed by atoms with Crippen LogP contribution in [0.4, 0.5) is 0 Å². The quantitative estimate of drug-likeness (QED) is 0.154. The predicted octanol–water partition coefficient (Wildman–Crippen LogP) is 13.5. The molecule has 0 aliphatic heterocycles. The number of hydrogen-bond acceptors (Lipinski definition) is 4. The van der Waals surface area contributed by atoms with E-state index in [1.165, 1.54) is 11.1 Å². The van der Waals surface area contributed by atoms with Crippen molar-refractivity contribution in [3.8, 4) is 23.0 Å². The SMILES string of the molecule is CC(c1cc(C(C)(C)C)c(O)c(C(C)(C)C)c1)c1cc(C(C)(C)C)c(O)c(C(C)(C)C)c1.CC=CC(c1cc(C)c(O)c(C)c1)c1cc(C)c(O)c(C)c1. The molecule has 0 atom stereocenters. The highest BCUT2D eigenvalue weighted by molar-refractivity contribution is 5.55. The Morgan fingerprint density at radius 2 is 0.648 bits per heavy atom. The molecule has 0 unspecified atom stereocenters. The van der Waals surface area contributed by atoms with Gasteiger partial charge in [-0.1, -0.05) is 151 Å². The molecule has 0 spiro atoms. The van der Waals surface area contributed by atoms with E-state index in [2.05, 4.69) is 120 Å². The number of hydrogen-bond donors (Lipinski definition) is 4. The van der Waals surface area contributed by atoms with E-state index in [4.69, 9.17) is 0 Å². The molecule has 0 bridgehead atoms. The standard InChI is InChI=1S/C30H46O2.C20H24O2/c1-18(19-14-21(27(2,3)4)25(31)22(15-19)28(5,6)7)20-16-23(29(8,9)10)26(32)24(17-20)30(11,12)13;1-6-7-18(16-8-12(2)19(21)13(3)9-16)17-10-14(4)20(22)15(5)11-17/h14-18,31-32H,1-13H3;6-11,18,21-22H,1-5H3. The summed E-state index contributed by atoms with van der Waals surface area (Å²) in [4.78, 5) is 0. The average Bonchev–Trinajstić information content (AvgIpc) is 3.02. The van der Waals surface area contributed by atoms with Crippen molar-refractivity contribution >= 4 is 0 Å². The third-order valence-electron chi connectivity index (χ3n) is 10.6. The van der Waals surface area contributed by atoms with E-state index in [1.807, 2.05) is 65.0 Å². The molecule has 294 valence electrons. The zero-order valence-corrected chi connectivity index (χ0v) is 36.7. The molecule has 0 radical (unpaired) electrons.